The lowest BCUT2D eigenvalue weighted by molar-refractivity contribution is 0.104. The number of fused-ring (bicyclic) bond motifs is 1. The van der Waals surface area contributed by atoms with Crippen LogP contribution in [-0.2, 0) is 0 Å². The second kappa shape index (κ2) is 5.84. The van der Waals surface area contributed by atoms with Crippen LogP contribution in [0, 0.1) is 18.3 Å². The van der Waals surface area contributed by atoms with Crippen LogP contribution in [0.5, 0.6) is 0 Å². The maximum absolute atomic E-state index is 10.5. The number of aliphatic hydroxyl groups is 1. The molecular weight excluding hydrogens is 302 g/mol. The number of rotatable bonds is 2. The molecule has 2 N–H and O–H groups in total. The lowest BCUT2D eigenvalue weighted by atomic mass is 9.83. The Hall–Kier alpha value is -2.52. The second-order valence-electron chi connectivity index (χ2n) is 6.62. The summed E-state index contributed by atoms with van der Waals surface area (Å²) in [7, 11) is 0. The van der Waals surface area contributed by atoms with E-state index >= 15 is 0 Å². The van der Waals surface area contributed by atoms with Gasteiger partial charge >= 0.3 is 0 Å². The van der Waals surface area contributed by atoms with E-state index in [1.807, 2.05) is 36.4 Å². The molecule has 6 nitrogen and oxygen atoms in total. The lowest BCUT2D eigenvalue weighted by Crippen LogP contribution is -2.36. The summed E-state index contributed by atoms with van der Waals surface area (Å²) in [5, 5.41) is 31.6. The second-order valence-corrected chi connectivity index (χ2v) is 6.62. The molecule has 0 unspecified atom stereocenters. The van der Waals surface area contributed by atoms with Gasteiger partial charge in [0, 0.05) is 12.1 Å². The smallest absolute Gasteiger partial charge is 0.102 e. The molecule has 24 heavy (non-hydrogen) atoms. The van der Waals surface area contributed by atoms with Crippen molar-refractivity contribution in [3.63, 3.8) is 0 Å². The Balaban J connectivity index is 1.73. The number of hydrazine groups is 1. The van der Waals surface area contributed by atoms with Crippen molar-refractivity contribution in [1.29, 1.82) is 5.26 Å². The van der Waals surface area contributed by atoms with E-state index in [1.54, 1.807) is 0 Å². The standard InChI is InChI=1S/C18H21N5O/c1-12-18(17(21-20-12)14-6-2-3-8-16(14)24)23-11-13(10-19)15-7-4-5-9-22(15)23/h4-5,7,9,14,16,24H,2-3,6,8,11H2,1H3,(H,20,21)/t14-,16+/m1/s1. The Morgan fingerprint density at radius 2 is 2.17 bits per heavy atom. The maximum Gasteiger partial charge on any atom is 0.102 e. The van der Waals surface area contributed by atoms with E-state index in [0.29, 0.717) is 6.54 Å². The van der Waals surface area contributed by atoms with Gasteiger partial charge in [-0.05, 0) is 31.9 Å². The molecule has 0 spiro atoms. The zero-order valence-corrected chi connectivity index (χ0v) is 13.7. The van der Waals surface area contributed by atoms with Crippen molar-refractivity contribution in [3.05, 3.63) is 47.1 Å². The quantitative estimate of drug-likeness (QED) is 0.874. The highest BCUT2D eigenvalue weighted by molar-refractivity contribution is 5.62. The first-order chi connectivity index (χ1) is 11.7. The van der Waals surface area contributed by atoms with Gasteiger partial charge < -0.3 is 5.11 Å². The molecule has 3 aliphatic rings. The average molecular weight is 323 g/mol. The van der Waals surface area contributed by atoms with Crippen LogP contribution < -0.4 is 5.01 Å². The monoisotopic (exact) mass is 323 g/mol. The largest absolute Gasteiger partial charge is 0.392 e. The summed E-state index contributed by atoms with van der Waals surface area (Å²) in [6.07, 6.45) is 11.5. The fourth-order valence-corrected chi connectivity index (χ4v) is 3.93. The van der Waals surface area contributed by atoms with Gasteiger partial charge in [0.15, 0.2) is 0 Å². The number of aliphatic hydroxyl groups excluding tert-OH is 1. The Morgan fingerprint density at radius 3 is 2.96 bits per heavy atom. The number of aryl methyl sites for hydroxylation is 1. The number of anilines is 1. The van der Waals surface area contributed by atoms with E-state index in [0.717, 1.165) is 54.0 Å². The SMILES string of the molecule is Cc1[nH]nc([C@@H]2CCCC[C@@H]2O)c1N1CC(C#N)=C2C=CC=CN21. The molecule has 0 radical (unpaired) electrons. The van der Waals surface area contributed by atoms with Crippen LogP contribution in [0.15, 0.2) is 35.7 Å². The number of allylic oxidation sites excluding steroid dienone is 3. The van der Waals surface area contributed by atoms with Crippen LogP contribution in [0.4, 0.5) is 5.69 Å². The Bertz CT molecular complexity index is 782. The fourth-order valence-electron chi connectivity index (χ4n) is 3.93. The molecular formula is C18H21N5O. The van der Waals surface area contributed by atoms with Crippen LogP contribution in [0.2, 0.25) is 0 Å². The van der Waals surface area contributed by atoms with E-state index in [2.05, 4.69) is 21.3 Å². The van der Waals surface area contributed by atoms with E-state index in [1.165, 1.54) is 0 Å². The highest BCUT2D eigenvalue weighted by Crippen LogP contribution is 2.41. The molecule has 6 heteroatoms. The molecule has 0 amide bonds. The molecule has 4 rings (SSSR count). The molecule has 0 aromatic carbocycles. The lowest BCUT2D eigenvalue weighted by Gasteiger charge is -2.34. The highest BCUT2D eigenvalue weighted by atomic mass is 16.3. The average Bonchev–Trinajstić information content (AvgIpc) is 3.15. The molecule has 0 saturated heterocycles. The number of H-pyrrole nitrogens is 1. The minimum absolute atomic E-state index is 0.0533. The van der Waals surface area contributed by atoms with E-state index in [9.17, 15) is 10.4 Å². The number of aromatic amines is 1. The molecule has 1 aliphatic carbocycles. The summed E-state index contributed by atoms with van der Waals surface area (Å²) in [5.74, 6) is 0.0533. The number of nitriles is 1. The van der Waals surface area contributed by atoms with E-state index < -0.39 is 0 Å². The Labute approximate surface area is 141 Å². The molecule has 1 aromatic rings. The Morgan fingerprint density at radius 1 is 1.33 bits per heavy atom. The molecule has 1 fully saturated rings. The summed E-state index contributed by atoms with van der Waals surface area (Å²) >= 11 is 0. The van der Waals surface area contributed by atoms with Gasteiger partial charge in [0.05, 0.1) is 41.4 Å². The first-order valence-corrected chi connectivity index (χ1v) is 8.48. The van der Waals surface area contributed by atoms with Crippen LogP contribution in [-0.4, -0.2) is 33.0 Å². The van der Waals surface area contributed by atoms with Crippen molar-refractivity contribution >= 4 is 5.69 Å². The third-order valence-electron chi connectivity index (χ3n) is 5.13. The zero-order chi connectivity index (χ0) is 16.7. The van der Waals surface area contributed by atoms with Crippen molar-refractivity contribution in [2.45, 2.75) is 44.6 Å². The molecule has 124 valence electrons. The number of hydrogen-bond acceptors (Lipinski definition) is 5. The van der Waals surface area contributed by atoms with Gasteiger partial charge in [-0.3, -0.25) is 15.1 Å². The van der Waals surface area contributed by atoms with Gasteiger partial charge in [-0.15, -0.1) is 0 Å². The summed E-state index contributed by atoms with van der Waals surface area (Å²) in [4.78, 5) is 0. The first kappa shape index (κ1) is 15.0. The van der Waals surface area contributed by atoms with Crippen LogP contribution >= 0.6 is 0 Å². The van der Waals surface area contributed by atoms with Crippen molar-refractivity contribution in [2.24, 2.45) is 0 Å². The minimum atomic E-state index is -0.345. The first-order valence-electron chi connectivity index (χ1n) is 8.48. The summed E-state index contributed by atoms with van der Waals surface area (Å²) in [6, 6.07) is 2.31. The number of nitrogens with one attached hydrogen (secondary N) is 1. The predicted molar refractivity (Wildman–Crippen MR) is 90.6 cm³/mol. The van der Waals surface area contributed by atoms with Crippen LogP contribution in [0.1, 0.15) is 43.0 Å². The molecule has 3 heterocycles. The number of hydrogen-bond donors (Lipinski definition) is 2. The van der Waals surface area contributed by atoms with Crippen molar-refractivity contribution in [3.8, 4) is 6.07 Å². The highest BCUT2D eigenvalue weighted by Gasteiger charge is 2.36. The molecule has 1 saturated carbocycles. The summed E-state index contributed by atoms with van der Waals surface area (Å²) in [5.41, 5.74) is 4.52. The van der Waals surface area contributed by atoms with Gasteiger partial charge in [0.1, 0.15) is 5.69 Å². The molecule has 2 atom stereocenters. The van der Waals surface area contributed by atoms with Crippen molar-refractivity contribution in [1.82, 2.24) is 15.2 Å². The molecule has 2 aliphatic heterocycles. The normalized spacial score (nSPS) is 26.0. The molecule has 0 bridgehead atoms. The fraction of sp³-hybridized carbons (Fsp3) is 0.444. The van der Waals surface area contributed by atoms with Crippen LogP contribution in [0.25, 0.3) is 0 Å². The summed E-state index contributed by atoms with van der Waals surface area (Å²) < 4.78 is 0. The van der Waals surface area contributed by atoms with E-state index in [-0.39, 0.29) is 12.0 Å². The number of aromatic nitrogens is 2. The van der Waals surface area contributed by atoms with Crippen molar-refractivity contribution < 1.29 is 5.11 Å². The molecule has 1 aromatic heterocycles. The van der Waals surface area contributed by atoms with Gasteiger partial charge in [0.25, 0.3) is 0 Å². The minimum Gasteiger partial charge on any atom is -0.392 e. The third kappa shape index (κ3) is 2.24. The van der Waals surface area contributed by atoms with Gasteiger partial charge in [-0.25, -0.2) is 0 Å². The third-order valence-corrected chi connectivity index (χ3v) is 5.13. The zero-order valence-electron chi connectivity index (χ0n) is 13.7. The predicted octanol–water partition coefficient (Wildman–Crippen LogP) is 2.63. The topological polar surface area (TPSA) is 79.2 Å². The van der Waals surface area contributed by atoms with E-state index in [4.69, 9.17) is 0 Å². The Kier molecular flexibility index (Phi) is 3.66. The van der Waals surface area contributed by atoms with Crippen molar-refractivity contribution in [2.75, 3.05) is 11.6 Å². The van der Waals surface area contributed by atoms with Gasteiger partial charge in [-0.1, -0.05) is 18.9 Å². The van der Waals surface area contributed by atoms with Crippen LogP contribution in [0.3, 0.4) is 0 Å². The van der Waals surface area contributed by atoms with Gasteiger partial charge in [-0.2, -0.15) is 10.4 Å². The summed E-state index contributed by atoms with van der Waals surface area (Å²) in [6.45, 7) is 2.52. The maximum atomic E-state index is 10.5. The van der Waals surface area contributed by atoms with Gasteiger partial charge in [0.2, 0.25) is 0 Å². The number of nitrogens with zero attached hydrogens (tertiary/aromatic N) is 4.